The zero-order chi connectivity index (χ0) is 15.7. The standard InChI is InChI=1S/C15H15N5O2/c1-20-8-10(7-18-20)11-4-5-22-13-3-2-9(6-12(11)13)14(21)19-15(16)17/h2-4,6-8H,5H2,1H3,(H4,16,17,19,21). The van der Waals surface area contributed by atoms with Crippen LogP contribution < -0.4 is 16.2 Å². The number of aromatic nitrogens is 2. The van der Waals surface area contributed by atoms with Gasteiger partial charge in [0.15, 0.2) is 5.96 Å². The van der Waals surface area contributed by atoms with Crippen molar-refractivity contribution in [1.82, 2.24) is 9.78 Å². The molecular formula is C15H15N5O2. The van der Waals surface area contributed by atoms with Crippen molar-refractivity contribution in [3.8, 4) is 5.75 Å². The summed E-state index contributed by atoms with van der Waals surface area (Å²) in [6.07, 6.45) is 5.63. The highest BCUT2D eigenvalue weighted by Crippen LogP contribution is 2.34. The van der Waals surface area contributed by atoms with Crippen molar-refractivity contribution in [3.63, 3.8) is 0 Å². The Morgan fingerprint density at radius 3 is 2.91 bits per heavy atom. The lowest BCUT2D eigenvalue weighted by molar-refractivity contribution is 0.100. The Morgan fingerprint density at radius 1 is 1.41 bits per heavy atom. The van der Waals surface area contributed by atoms with E-state index in [9.17, 15) is 4.79 Å². The molecule has 0 radical (unpaired) electrons. The summed E-state index contributed by atoms with van der Waals surface area (Å²) in [4.78, 5) is 15.5. The van der Waals surface area contributed by atoms with Gasteiger partial charge in [-0.25, -0.2) is 0 Å². The van der Waals surface area contributed by atoms with E-state index in [4.69, 9.17) is 16.2 Å². The second-order valence-electron chi connectivity index (χ2n) is 4.88. The molecule has 0 fully saturated rings. The third-order valence-electron chi connectivity index (χ3n) is 3.29. The SMILES string of the molecule is Cn1cc(C2=CCOc3ccc(C(=O)N=C(N)N)cc32)cn1. The predicted molar refractivity (Wildman–Crippen MR) is 82.4 cm³/mol. The zero-order valence-corrected chi connectivity index (χ0v) is 12.0. The first-order valence-corrected chi connectivity index (χ1v) is 6.65. The minimum Gasteiger partial charge on any atom is -0.489 e. The van der Waals surface area contributed by atoms with Gasteiger partial charge in [-0.2, -0.15) is 10.1 Å². The first-order chi connectivity index (χ1) is 10.5. The van der Waals surface area contributed by atoms with E-state index >= 15 is 0 Å². The molecule has 0 bridgehead atoms. The molecular weight excluding hydrogens is 282 g/mol. The number of carbonyl (C=O) groups is 1. The van der Waals surface area contributed by atoms with Gasteiger partial charge >= 0.3 is 0 Å². The molecule has 1 aliphatic heterocycles. The van der Waals surface area contributed by atoms with Crippen molar-refractivity contribution < 1.29 is 9.53 Å². The molecule has 0 unspecified atom stereocenters. The number of hydrogen-bond acceptors (Lipinski definition) is 3. The molecule has 1 aromatic heterocycles. The van der Waals surface area contributed by atoms with Gasteiger partial charge in [0.2, 0.25) is 0 Å². The Morgan fingerprint density at radius 2 is 2.23 bits per heavy atom. The molecule has 0 atom stereocenters. The van der Waals surface area contributed by atoms with E-state index in [1.165, 1.54) is 0 Å². The minimum atomic E-state index is -0.487. The van der Waals surface area contributed by atoms with Crippen LogP contribution in [0, 0.1) is 0 Å². The van der Waals surface area contributed by atoms with Crippen LogP contribution in [0.1, 0.15) is 21.5 Å². The number of nitrogens with two attached hydrogens (primary N) is 2. The quantitative estimate of drug-likeness (QED) is 0.625. The van der Waals surface area contributed by atoms with Crippen molar-refractivity contribution in [2.24, 2.45) is 23.5 Å². The number of aryl methyl sites for hydroxylation is 1. The molecule has 4 N–H and O–H groups in total. The lowest BCUT2D eigenvalue weighted by atomic mass is 9.96. The Labute approximate surface area is 126 Å². The maximum Gasteiger partial charge on any atom is 0.280 e. The number of amides is 1. The summed E-state index contributed by atoms with van der Waals surface area (Å²) in [6.45, 7) is 0.471. The highest BCUT2D eigenvalue weighted by molar-refractivity contribution is 6.03. The van der Waals surface area contributed by atoms with Crippen molar-refractivity contribution >= 4 is 17.4 Å². The maximum absolute atomic E-state index is 12.0. The van der Waals surface area contributed by atoms with Crippen LogP contribution in [0.2, 0.25) is 0 Å². The summed E-state index contributed by atoms with van der Waals surface area (Å²) >= 11 is 0. The fourth-order valence-corrected chi connectivity index (χ4v) is 2.34. The second kappa shape index (κ2) is 5.36. The number of nitrogens with zero attached hydrogens (tertiary/aromatic N) is 3. The topological polar surface area (TPSA) is 109 Å². The third-order valence-corrected chi connectivity index (χ3v) is 3.29. The highest BCUT2D eigenvalue weighted by atomic mass is 16.5. The average molecular weight is 297 g/mol. The Kier molecular flexibility index (Phi) is 3.38. The van der Waals surface area contributed by atoms with Crippen LogP contribution in [0.3, 0.4) is 0 Å². The Hall–Kier alpha value is -3.09. The third kappa shape index (κ3) is 2.56. The summed E-state index contributed by atoms with van der Waals surface area (Å²) in [5, 5.41) is 4.17. The average Bonchev–Trinajstić information content (AvgIpc) is 2.91. The summed E-state index contributed by atoms with van der Waals surface area (Å²) in [7, 11) is 1.85. The van der Waals surface area contributed by atoms with Crippen LogP contribution in [0.25, 0.3) is 5.57 Å². The molecule has 7 nitrogen and oxygen atoms in total. The number of carbonyl (C=O) groups excluding carboxylic acids is 1. The van der Waals surface area contributed by atoms with E-state index in [2.05, 4.69) is 10.1 Å². The number of rotatable bonds is 2. The number of aliphatic imine (C=N–C) groups is 1. The lowest BCUT2D eigenvalue weighted by Gasteiger charge is -2.18. The molecule has 0 spiro atoms. The molecule has 0 aliphatic carbocycles. The summed E-state index contributed by atoms with van der Waals surface area (Å²) in [5.41, 5.74) is 13.6. The van der Waals surface area contributed by atoms with Crippen LogP contribution in [0.4, 0.5) is 0 Å². The van der Waals surface area contributed by atoms with Crippen LogP contribution in [0.5, 0.6) is 5.75 Å². The van der Waals surface area contributed by atoms with E-state index in [-0.39, 0.29) is 5.96 Å². The smallest absolute Gasteiger partial charge is 0.280 e. The van der Waals surface area contributed by atoms with Crippen molar-refractivity contribution in [2.45, 2.75) is 0 Å². The fraction of sp³-hybridized carbons (Fsp3) is 0.133. The fourth-order valence-electron chi connectivity index (χ4n) is 2.34. The molecule has 1 amide bonds. The van der Waals surface area contributed by atoms with Crippen LogP contribution in [-0.2, 0) is 7.05 Å². The molecule has 0 saturated heterocycles. The molecule has 22 heavy (non-hydrogen) atoms. The van der Waals surface area contributed by atoms with Gasteiger partial charge in [-0.1, -0.05) is 0 Å². The minimum absolute atomic E-state index is 0.262. The number of guanidine groups is 1. The van der Waals surface area contributed by atoms with Crippen LogP contribution >= 0.6 is 0 Å². The summed E-state index contributed by atoms with van der Waals surface area (Å²) in [6, 6.07) is 5.11. The van der Waals surface area contributed by atoms with Crippen molar-refractivity contribution in [1.29, 1.82) is 0 Å². The van der Waals surface area contributed by atoms with Crippen LogP contribution in [-0.4, -0.2) is 28.3 Å². The molecule has 112 valence electrons. The summed E-state index contributed by atoms with van der Waals surface area (Å²) in [5.74, 6) is -0.0384. The second-order valence-corrected chi connectivity index (χ2v) is 4.88. The summed E-state index contributed by atoms with van der Waals surface area (Å²) < 4.78 is 7.32. The Bertz CT molecular complexity index is 800. The molecule has 1 aliphatic rings. The lowest BCUT2D eigenvalue weighted by Crippen LogP contribution is -2.24. The highest BCUT2D eigenvalue weighted by Gasteiger charge is 2.18. The van der Waals surface area contributed by atoms with Gasteiger partial charge in [0, 0.05) is 29.9 Å². The van der Waals surface area contributed by atoms with Crippen LogP contribution in [0.15, 0.2) is 41.7 Å². The molecule has 7 heteroatoms. The predicted octanol–water partition coefficient (Wildman–Crippen LogP) is 0.658. The van der Waals surface area contributed by atoms with Gasteiger partial charge < -0.3 is 16.2 Å². The van der Waals surface area contributed by atoms with Crippen molar-refractivity contribution in [2.75, 3.05) is 6.61 Å². The van der Waals surface area contributed by atoms with Gasteiger partial charge in [0.1, 0.15) is 12.4 Å². The number of benzene rings is 1. The van der Waals surface area contributed by atoms with Gasteiger partial charge in [0.05, 0.1) is 6.20 Å². The zero-order valence-electron chi connectivity index (χ0n) is 12.0. The normalized spacial score (nSPS) is 12.9. The van der Waals surface area contributed by atoms with Gasteiger partial charge in [0.25, 0.3) is 5.91 Å². The first kappa shape index (κ1) is 13.9. The largest absolute Gasteiger partial charge is 0.489 e. The monoisotopic (exact) mass is 297 g/mol. The van der Waals surface area contributed by atoms with Gasteiger partial charge in [-0.3, -0.25) is 9.48 Å². The number of ether oxygens (including phenoxy) is 1. The Balaban J connectivity index is 2.05. The number of hydrogen-bond donors (Lipinski definition) is 2. The van der Waals surface area contributed by atoms with E-state index in [1.807, 2.05) is 19.3 Å². The molecule has 2 aromatic rings. The van der Waals surface area contributed by atoms with Gasteiger partial charge in [-0.15, -0.1) is 0 Å². The van der Waals surface area contributed by atoms with E-state index in [0.29, 0.717) is 17.9 Å². The molecule has 0 saturated carbocycles. The molecule has 3 rings (SSSR count). The van der Waals surface area contributed by atoms with Gasteiger partial charge in [-0.05, 0) is 29.8 Å². The van der Waals surface area contributed by atoms with E-state index in [0.717, 1.165) is 16.7 Å². The van der Waals surface area contributed by atoms with E-state index < -0.39 is 5.91 Å². The van der Waals surface area contributed by atoms with E-state index in [1.54, 1.807) is 29.1 Å². The first-order valence-electron chi connectivity index (χ1n) is 6.65. The molecule has 2 heterocycles. The molecule has 1 aromatic carbocycles. The number of fused-ring (bicyclic) bond motifs is 1. The maximum atomic E-state index is 12.0. The van der Waals surface area contributed by atoms with Crippen molar-refractivity contribution in [3.05, 3.63) is 53.4 Å².